The van der Waals surface area contributed by atoms with Gasteiger partial charge in [-0.25, -0.2) is 4.79 Å². The second kappa shape index (κ2) is 7.87. The number of rotatable bonds is 5. The van der Waals surface area contributed by atoms with E-state index in [1.54, 1.807) is 12.1 Å². The topological polar surface area (TPSA) is 35.5 Å². The Morgan fingerprint density at radius 1 is 0.692 bits per heavy atom. The van der Waals surface area contributed by atoms with Gasteiger partial charge in [-0.2, -0.15) is 0 Å². The van der Waals surface area contributed by atoms with Crippen molar-refractivity contribution in [2.75, 3.05) is 6.61 Å². The molecular weight excluding hydrogens is 324 g/mol. The Hall–Kier alpha value is -3.07. The first kappa shape index (κ1) is 17.7. The Bertz CT molecular complexity index is 873. The van der Waals surface area contributed by atoms with Gasteiger partial charge in [-0.05, 0) is 67.3 Å². The van der Waals surface area contributed by atoms with Crippen LogP contribution in [0.2, 0.25) is 0 Å². The first-order chi connectivity index (χ1) is 12.5. The molecule has 0 saturated heterocycles. The molecule has 3 aromatic carbocycles. The van der Waals surface area contributed by atoms with Crippen molar-refractivity contribution in [2.24, 2.45) is 0 Å². The van der Waals surface area contributed by atoms with E-state index in [4.69, 9.17) is 9.47 Å². The average molecular weight is 346 g/mol. The van der Waals surface area contributed by atoms with E-state index in [0.29, 0.717) is 11.5 Å². The molecule has 3 aromatic rings. The summed E-state index contributed by atoms with van der Waals surface area (Å²) in [6, 6.07) is 21.6. The summed E-state index contributed by atoms with van der Waals surface area (Å²) >= 11 is 0. The second-order valence-corrected chi connectivity index (χ2v) is 6.48. The first-order valence-corrected chi connectivity index (χ1v) is 8.58. The van der Waals surface area contributed by atoms with Crippen LogP contribution in [0.3, 0.4) is 0 Å². The molecule has 0 aromatic heterocycles. The van der Waals surface area contributed by atoms with E-state index in [2.05, 4.69) is 37.3 Å². The van der Waals surface area contributed by atoms with Crippen molar-refractivity contribution in [3.8, 4) is 22.6 Å². The molecule has 0 N–H and O–H groups in total. The van der Waals surface area contributed by atoms with Crippen molar-refractivity contribution in [1.29, 1.82) is 0 Å². The molecule has 0 heterocycles. The molecule has 0 saturated carbocycles. The van der Waals surface area contributed by atoms with Crippen molar-refractivity contribution in [2.45, 2.75) is 20.8 Å². The third-order valence-electron chi connectivity index (χ3n) is 4.02. The van der Waals surface area contributed by atoms with Gasteiger partial charge in [0.1, 0.15) is 11.5 Å². The molecule has 0 aliphatic rings. The van der Waals surface area contributed by atoms with Crippen LogP contribution in [0.15, 0.2) is 66.7 Å². The average Bonchev–Trinajstić information content (AvgIpc) is 2.61. The minimum absolute atomic E-state index is 0.122. The van der Waals surface area contributed by atoms with Crippen molar-refractivity contribution in [3.63, 3.8) is 0 Å². The number of hydrogen-bond donors (Lipinski definition) is 0. The van der Waals surface area contributed by atoms with Crippen molar-refractivity contribution in [1.82, 2.24) is 0 Å². The monoisotopic (exact) mass is 346 g/mol. The van der Waals surface area contributed by atoms with Gasteiger partial charge >= 0.3 is 5.97 Å². The molecule has 0 aliphatic carbocycles. The maximum Gasteiger partial charge on any atom is 0.349 e. The van der Waals surface area contributed by atoms with E-state index in [0.717, 1.165) is 22.3 Å². The molecule has 3 rings (SSSR count). The standard InChI is InChI=1S/C23H22O3/c1-16-4-6-19(7-5-16)20-8-10-21(11-9-20)26-23(24)15-25-22-13-17(2)12-18(3)14-22/h4-14H,15H2,1-3H3. The highest BCUT2D eigenvalue weighted by atomic mass is 16.6. The van der Waals surface area contributed by atoms with Crippen molar-refractivity contribution in [3.05, 3.63) is 83.4 Å². The summed E-state index contributed by atoms with van der Waals surface area (Å²) in [5.74, 6) is 0.760. The van der Waals surface area contributed by atoms with Gasteiger partial charge in [0.25, 0.3) is 0 Å². The normalized spacial score (nSPS) is 10.4. The fraction of sp³-hybridized carbons (Fsp3) is 0.174. The molecule has 3 nitrogen and oxygen atoms in total. The molecule has 0 unspecified atom stereocenters. The lowest BCUT2D eigenvalue weighted by atomic mass is 10.0. The van der Waals surface area contributed by atoms with Crippen LogP contribution in [0.1, 0.15) is 16.7 Å². The van der Waals surface area contributed by atoms with Gasteiger partial charge in [0.15, 0.2) is 6.61 Å². The number of ether oxygens (including phenoxy) is 2. The van der Waals surface area contributed by atoms with Crippen LogP contribution in [0.25, 0.3) is 11.1 Å². The lowest BCUT2D eigenvalue weighted by Crippen LogP contribution is -2.17. The third-order valence-corrected chi connectivity index (χ3v) is 4.02. The number of carbonyl (C=O) groups is 1. The molecule has 0 aliphatic heterocycles. The molecule has 0 atom stereocenters. The summed E-state index contributed by atoms with van der Waals surface area (Å²) in [7, 11) is 0. The first-order valence-electron chi connectivity index (χ1n) is 8.58. The lowest BCUT2D eigenvalue weighted by Gasteiger charge is -2.09. The summed E-state index contributed by atoms with van der Waals surface area (Å²) in [6.07, 6.45) is 0. The van der Waals surface area contributed by atoms with E-state index in [1.807, 2.05) is 38.1 Å². The summed E-state index contributed by atoms with van der Waals surface area (Å²) in [4.78, 5) is 12.0. The third kappa shape index (κ3) is 4.73. The van der Waals surface area contributed by atoms with Gasteiger partial charge in [-0.15, -0.1) is 0 Å². The summed E-state index contributed by atoms with van der Waals surface area (Å²) in [5, 5.41) is 0. The zero-order valence-corrected chi connectivity index (χ0v) is 15.3. The van der Waals surface area contributed by atoms with Gasteiger partial charge < -0.3 is 9.47 Å². The van der Waals surface area contributed by atoms with Crippen LogP contribution in [-0.4, -0.2) is 12.6 Å². The fourth-order valence-corrected chi connectivity index (χ4v) is 2.78. The van der Waals surface area contributed by atoms with Crippen LogP contribution in [-0.2, 0) is 4.79 Å². The minimum Gasteiger partial charge on any atom is -0.482 e. The fourth-order valence-electron chi connectivity index (χ4n) is 2.78. The lowest BCUT2D eigenvalue weighted by molar-refractivity contribution is -0.136. The van der Waals surface area contributed by atoms with Crippen LogP contribution < -0.4 is 9.47 Å². The molecule has 3 heteroatoms. The predicted octanol–water partition coefficient (Wildman–Crippen LogP) is 5.26. The van der Waals surface area contributed by atoms with Gasteiger partial charge in [0.05, 0.1) is 0 Å². The second-order valence-electron chi connectivity index (χ2n) is 6.48. The largest absolute Gasteiger partial charge is 0.482 e. The molecular formula is C23H22O3. The zero-order chi connectivity index (χ0) is 18.5. The molecule has 0 radical (unpaired) electrons. The predicted molar refractivity (Wildman–Crippen MR) is 104 cm³/mol. The number of aryl methyl sites for hydroxylation is 3. The highest BCUT2D eigenvalue weighted by Crippen LogP contribution is 2.23. The Labute approximate surface area is 154 Å². The number of esters is 1. The highest BCUT2D eigenvalue weighted by molar-refractivity contribution is 5.74. The van der Waals surface area contributed by atoms with E-state index >= 15 is 0 Å². The maximum absolute atomic E-state index is 12.0. The Balaban J connectivity index is 1.58. The van der Waals surface area contributed by atoms with E-state index in [-0.39, 0.29) is 6.61 Å². The van der Waals surface area contributed by atoms with Crippen LogP contribution >= 0.6 is 0 Å². The molecule has 132 valence electrons. The SMILES string of the molecule is Cc1ccc(-c2ccc(OC(=O)COc3cc(C)cc(C)c3)cc2)cc1. The highest BCUT2D eigenvalue weighted by Gasteiger charge is 2.07. The summed E-state index contributed by atoms with van der Waals surface area (Å²) in [6.45, 7) is 5.93. The summed E-state index contributed by atoms with van der Waals surface area (Å²) < 4.78 is 10.9. The van der Waals surface area contributed by atoms with E-state index in [1.165, 1.54) is 5.56 Å². The quantitative estimate of drug-likeness (QED) is 0.467. The number of carbonyl (C=O) groups excluding carboxylic acids is 1. The Kier molecular flexibility index (Phi) is 5.37. The maximum atomic E-state index is 12.0. The molecule has 26 heavy (non-hydrogen) atoms. The summed E-state index contributed by atoms with van der Waals surface area (Å²) in [5.41, 5.74) is 5.63. The molecule has 0 fully saturated rings. The molecule has 0 spiro atoms. The van der Waals surface area contributed by atoms with E-state index in [9.17, 15) is 4.79 Å². The smallest absolute Gasteiger partial charge is 0.349 e. The van der Waals surface area contributed by atoms with E-state index < -0.39 is 5.97 Å². The number of benzene rings is 3. The van der Waals surface area contributed by atoms with Crippen molar-refractivity contribution >= 4 is 5.97 Å². The van der Waals surface area contributed by atoms with Crippen LogP contribution in [0.5, 0.6) is 11.5 Å². The minimum atomic E-state index is -0.424. The van der Waals surface area contributed by atoms with Gasteiger partial charge in [-0.3, -0.25) is 0 Å². The Morgan fingerprint density at radius 2 is 1.23 bits per heavy atom. The van der Waals surface area contributed by atoms with Gasteiger partial charge in [-0.1, -0.05) is 48.0 Å². The van der Waals surface area contributed by atoms with Gasteiger partial charge in [0.2, 0.25) is 0 Å². The van der Waals surface area contributed by atoms with Crippen molar-refractivity contribution < 1.29 is 14.3 Å². The molecule has 0 bridgehead atoms. The van der Waals surface area contributed by atoms with Gasteiger partial charge in [0, 0.05) is 0 Å². The Morgan fingerprint density at radius 3 is 1.81 bits per heavy atom. The number of hydrogen-bond acceptors (Lipinski definition) is 3. The van der Waals surface area contributed by atoms with Crippen LogP contribution in [0.4, 0.5) is 0 Å². The zero-order valence-electron chi connectivity index (χ0n) is 15.3. The molecule has 0 amide bonds. The van der Waals surface area contributed by atoms with Crippen LogP contribution in [0, 0.1) is 20.8 Å².